The molecule has 1 unspecified atom stereocenters. The summed E-state index contributed by atoms with van der Waals surface area (Å²) < 4.78 is 1.16. The van der Waals surface area contributed by atoms with Crippen molar-refractivity contribution < 1.29 is 5.11 Å². The number of nitrogens with one attached hydrogen (secondary N) is 1. The summed E-state index contributed by atoms with van der Waals surface area (Å²) in [7, 11) is 0. The number of aliphatic hydroxyl groups excluding tert-OH is 1. The molecule has 2 rings (SSSR count). The molecular formula is C15H18BrNOS. The molecule has 0 saturated carbocycles. The highest BCUT2D eigenvalue weighted by atomic mass is 79.9. The average Bonchev–Trinajstić information content (AvgIpc) is 2.86. The molecule has 2 N–H and O–H groups in total. The third-order valence-electron chi connectivity index (χ3n) is 3.00. The van der Waals surface area contributed by atoms with Crippen molar-refractivity contribution in [3.8, 4) is 0 Å². The largest absolute Gasteiger partial charge is 0.396 e. The average molecular weight is 340 g/mol. The molecule has 0 aliphatic rings. The standard InChI is InChI=1S/C15H18BrNOS/c16-15-9-8-13(19-15)11-17-14(7-4-10-18)12-5-2-1-3-6-12/h1-3,5-6,8-9,14,17-18H,4,7,10-11H2. The van der Waals surface area contributed by atoms with Crippen molar-refractivity contribution in [3.63, 3.8) is 0 Å². The first kappa shape index (κ1) is 14.7. The van der Waals surface area contributed by atoms with Gasteiger partial charge in [0, 0.05) is 24.1 Å². The van der Waals surface area contributed by atoms with E-state index in [0.29, 0.717) is 6.04 Å². The van der Waals surface area contributed by atoms with E-state index < -0.39 is 0 Å². The number of hydrogen-bond acceptors (Lipinski definition) is 3. The van der Waals surface area contributed by atoms with Crippen molar-refractivity contribution in [1.82, 2.24) is 5.32 Å². The van der Waals surface area contributed by atoms with Crippen LogP contribution in [-0.4, -0.2) is 11.7 Å². The molecule has 0 amide bonds. The number of hydrogen-bond donors (Lipinski definition) is 2. The first-order valence-electron chi connectivity index (χ1n) is 6.43. The van der Waals surface area contributed by atoms with Crippen molar-refractivity contribution in [2.24, 2.45) is 0 Å². The van der Waals surface area contributed by atoms with Gasteiger partial charge in [0.25, 0.3) is 0 Å². The molecule has 0 radical (unpaired) electrons. The van der Waals surface area contributed by atoms with Gasteiger partial charge in [0.15, 0.2) is 0 Å². The highest BCUT2D eigenvalue weighted by molar-refractivity contribution is 9.11. The second-order valence-electron chi connectivity index (χ2n) is 4.42. The second kappa shape index (κ2) is 7.80. The molecule has 1 aromatic heterocycles. The molecule has 2 aromatic rings. The fourth-order valence-corrected chi connectivity index (χ4v) is 3.47. The van der Waals surface area contributed by atoms with Gasteiger partial charge >= 0.3 is 0 Å². The maximum Gasteiger partial charge on any atom is 0.0701 e. The van der Waals surface area contributed by atoms with Crippen molar-refractivity contribution in [2.75, 3.05) is 6.61 Å². The van der Waals surface area contributed by atoms with Crippen LogP contribution >= 0.6 is 27.3 Å². The van der Waals surface area contributed by atoms with Gasteiger partial charge in [-0.2, -0.15) is 0 Å². The molecule has 0 fully saturated rings. The van der Waals surface area contributed by atoms with E-state index in [4.69, 9.17) is 5.11 Å². The zero-order chi connectivity index (χ0) is 13.5. The van der Waals surface area contributed by atoms with Crippen molar-refractivity contribution in [3.05, 3.63) is 56.7 Å². The van der Waals surface area contributed by atoms with Crippen LogP contribution in [0.4, 0.5) is 0 Å². The van der Waals surface area contributed by atoms with Gasteiger partial charge in [-0.15, -0.1) is 11.3 Å². The van der Waals surface area contributed by atoms with Gasteiger partial charge in [0.05, 0.1) is 3.79 Å². The molecule has 1 heterocycles. The van der Waals surface area contributed by atoms with Crippen LogP contribution in [0, 0.1) is 0 Å². The van der Waals surface area contributed by atoms with E-state index in [-0.39, 0.29) is 6.61 Å². The maximum absolute atomic E-state index is 9.02. The first-order valence-corrected chi connectivity index (χ1v) is 8.04. The number of aliphatic hydroxyl groups is 1. The summed E-state index contributed by atoms with van der Waals surface area (Å²) in [6, 6.07) is 14.9. The predicted molar refractivity (Wildman–Crippen MR) is 84.4 cm³/mol. The van der Waals surface area contributed by atoms with Crippen LogP contribution in [0.3, 0.4) is 0 Å². The van der Waals surface area contributed by atoms with E-state index in [1.165, 1.54) is 10.4 Å². The number of rotatable bonds is 7. The SMILES string of the molecule is OCCCC(NCc1ccc(Br)s1)c1ccccc1. The van der Waals surface area contributed by atoms with Crippen LogP contribution in [0.25, 0.3) is 0 Å². The topological polar surface area (TPSA) is 32.3 Å². The van der Waals surface area contributed by atoms with Crippen LogP contribution in [0.1, 0.15) is 29.3 Å². The van der Waals surface area contributed by atoms with Gasteiger partial charge in [0.1, 0.15) is 0 Å². The van der Waals surface area contributed by atoms with Gasteiger partial charge in [-0.05, 0) is 46.5 Å². The zero-order valence-electron chi connectivity index (χ0n) is 10.7. The lowest BCUT2D eigenvalue weighted by molar-refractivity contribution is 0.275. The minimum atomic E-state index is 0.246. The van der Waals surface area contributed by atoms with E-state index in [0.717, 1.165) is 23.2 Å². The Labute approximate surface area is 126 Å². The van der Waals surface area contributed by atoms with Crippen LogP contribution < -0.4 is 5.32 Å². The molecule has 0 aliphatic carbocycles. The molecular weight excluding hydrogens is 322 g/mol. The smallest absolute Gasteiger partial charge is 0.0701 e. The minimum absolute atomic E-state index is 0.246. The lowest BCUT2D eigenvalue weighted by Crippen LogP contribution is -2.20. The van der Waals surface area contributed by atoms with Crippen molar-refractivity contribution >= 4 is 27.3 Å². The Morgan fingerprint density at radius 1 is 1.16 bits per heavy atom. The van der Waals surface area contributed by atoms with Crippen LogP contribution in [0.2, 0.25) is 0 Å². The molecule has 0 aliphatic heterocycles. The van der Waals surface area contributed by atoms with E-state index in [1.807, 2.05) is 6.07 Å². The van der Waals surface area contributed by atoms with E-state index in [2.05, 4.69) is 57.6 Å². The summed E-state index contributed by atoms with van der Waals surface area (Å²) in [6.45, 7) is 1.11. The van der Waals surface area contributed by atoms with Crippen LogP contribution in [-0.2, 0) is 6.54 Å². The minimum Gasteiger partial charge on any atom is -0.396 e. The molecule has 0 saturated heterocycles. The Balaban J connectivity index is 1.97. The monoisotopic (exact) mass is 339 g/mol. The summed E-state index contributed by atoms with van der Waals surface area (Å²) in [4.78, 5) is 1.32. The third kappa shape index (κ3) is 4.73. The normalized spacial score (nSPS) is 12.5. The van der Waals surface area contributed by atoms with Gasteiger partial charge < -0.3 is 10.4 Å². The highest BCUT2D eigenvalue weighted by Gasteiger charge is 2.10. The Morgan fingerprint density at radius 2 is 1.95 bits per heavy atom. The van der Waals surface area contributed by atoms with Gasteiger partial charge in [-0.3, -0.25) is 0 Å². The molecule has 0 bridgehead atoms. The van der Waals surface area contributed by atoms with Crippen LogP contribution in [0.15, 0.2) is 46.3 Å². The Hall–Kier alpha value is -0.680. The fourth-order valence-electron chi connectivity index (χ4n) is 2.04. The highest BCUT2D eigenvalue weighted by Crippen LogP contribution is 2.24. The van der Waals surface area contributed by atoms with E-state index >= 15 is 0 Å². The molecule has 19 heavy (non-hydrogen) atoms. The Bertz CT molecular complexity index is 486. The summed E-state index contributed by atoms with van der Waals surface area (Å²) in [5.74, 6) is 0. The first-order chi connectivity index (χ1) is 9.29. The number of thiophene rings is 1. The van der Waals surface area contributed by atoms with E-state index in [1.54, 1.807) is 11.3 Å². The second-order valence-corrected chi connectivity index (χ2v) is 6.96. The van der Waals surface area contributed by atoms with Crippen molar-refractivity contribution in [1.29, 1.82) is 0 Å². The summed E-state index contributed by atoms with van der Waals surface area (Å²) in [5.41, 5.74) is 1.28. The number of halogens is 1. The summed E-state index contributed by atoms with van der Waals surface area (Å²) in [6.07, 6.45) is 1.77. The van der Waals surface area contributed by atoms with Crippen LogP contribution in [0.5, 0.6) is 0 Å². The Kier molecular flexibility index (Phi) is 6.04. The fraction of sp³-hybridized carbons (Fsp3) is 0.333. The van der Waals surface area contributed by atoms with E-state index in [9.17, 15) is 0 Å². The molecule has 1 aromatic carbocycles. The molecule has 102 valence electrons. The summed E-state index contributed by atoms with van der Waals surface area (Å²) in [5, 5.41) is 12.6. The lowest BCUT2D eigenvalue weighted by atomic mass is 10.0. The van der Waals surface area contributed by atoms with Gasteiger partial charge in [-0.1, -0.05) is 30.3 Å². The molecule has 2 nitrogen and oxygen atoms in total. The Morgan fingerprint density at radius 3 is 2.58 bits per heavy atom. The predicted octanol–water partition coefficient (Wildman–Crippen LogP) is 4.11. The quantitative estimate of drug-likeness (QED) is 0.795. The van der Waals surface area contributed by atoms with Crippen molar-refractivity contribution in [2.45, 2.75) is 25.4 Å². The van der Waals surface area contributed by atoms with Gasteiger partial charge in [-0.25, -0.2) is 0 Å². The summed E-state index contributed by atoms with van der Waals surface area (Å²) >= 11 is 5.24. The maximum atomic E-state index is 9.02. The molecule has 0 spiro atoms. The zero-order valence-corrected chi connectivity index (χ0v) is 13.1. The lowest BCUT2D eigenvalue weighted by Gasteiger charge is -2.18. The van der Waals surface area contributed by atoms with Gasteiger partial charge in [0.2, 0.25) is 0 Å². The third-order valence-corrected chi connectivity index (χ3v) is 4.63. The number of benzene rings is 1. The molecule has 4 heteroatoms. The molecule has 1 atom stereocenters.